The second-order valence-electron chi connectivity index (χ2n) is 2.27. The van der Waals surface area contributed by atoms with Crippen LogP contribution in [0.15, 0.2) is 18.3 Å². The quantitative estimate of drug-likeness (QED) is 0.712. The van der Waals surface area contributed by atoms with Crippen LogP contribution in [-0.2, 0) is 0 Å². The molecule has 0 radical (unpaired) electrons. The summed E-state index contributed by atoms with van der Waals surface area (Å²) in [6.07, 6.45) is 1.79. The second-order valence-corrected chi connectivity index (χ2v) is 3.09. The van der Waals surface area contributed by atoms with Gasteiger partial charge in [-0.1, -0.05) is 24.4 Å². The normalized spacial score (nSPS) is 9.42. The van der Waals surface area contributed by atoms with E-state index in [0.29, 0.717) is 9.63 Å². The van der Waals surface area contributed by atoms with E-state index >= 15 is 0 Å². The Hall–Kier alpha value is -0.740. The molecule has 0 aliphatic heterocycles. The average molecular weight is 198 g/mol. The lowest BCUT2D eigenvalue weighted by Crippen LogP contribution is -2.21. The maximum Gasteiger partial charge on any atom is 0.113 e. The summed E-state index contributed by atoms with van der Waals surface area (Å²) >= 11 is 10.2. The topological polar surface area (TPSA) is 27.8 Å². The molecule has 0 saturated heterocycles. The minimum absolute atomic E-state index is 0.684. The molecule has 12 heavy (non-hydrogen) atoms. The Morgan fingerprint density at radius 2 is 2.42 bits per heavy atom. The number of aromatic nitrogens is 1. The van der Waals surface area contributed by atoms with Crippen molar-refractivity contribution in [2.24, 2.45) is 0 Å². The minimum atomic E-state index is 0.684. The van der Waals surface area contributed by atoms with E-state index in [4.69, 9.17) is 24.4 Å². The molecular weight excluding hydrogens is 188 g/mol. The molecule has 0 spiro atoms. The predicted molar refractivity (Wildman–Crippen MR) is 57.0 cm³/mol. The Morgan fingerprint density at radius 3 is 3.00 bits per heavy atom. The van der Waals surface area contributed by atoms with Gasteiger partial charge in [-0.3, -0.25) is 0 Å². The Kier molecular flexibility index (Phi) is 3.37. The summed E-state index contributed by atoms with van der Waals surface area (Å²) in [5.74, 6) is 0. The van der Waals surface area contributed by atoms with E-state index in [1.54, 1.807) is 6.20 Å². The van der Waals surface area contributed by atoms with Gasteiger partial charge in [0.1, 0.15) is 9.63 Å². The molecule has 2 nitrogen and oxygen atoms in total. The molecule has 0 fully saturated rings. The van der Waals surface area contributed by atoms with E-state index in [-0.39, 0.29) is 0 Å². The summed E-state index contributed by atoms with van der Waals surface area (Å²) in [6, 6.07) is 3.79. The number of nitrogens with one attached hydrogen (secondary N) is 2. The van der Waals surface area contributed by atoms with Gasteiger partial charge in [0.05, 0.1) is 0 Å². The highest BCUT2D eigenvalue weighted by Gasteiger charge is 1.99. The molecule has 0 bridgehead atoms. The summed E-state index contributed by atoms with van der Waals surface area (Å²) in [5.41, 5.74) is 0.893. The SMILES string of the molecule is CCNC(=S)c1ccc[nH]c1=S. The van der Waals surface area contributed by atoms with Crippen LogP contribution < -0.4 is 5.32 Å². The first-order valence-electron chi connectivity index (χ1n) is 3.71. The lowest BCUT2D eigenvalue weighted by atomic mass is 10.3. The van der Waals surface area contributed by atoms with E-state index in [1.165, 1.54) is 0 Å². The largest absolute Gasteiger partial charge is 0.376 e. The number of rotatable bonds is 2. The Morgan fingerprint density at radius 1 is 1.67 bits per heavy atom. The van der Waals surface area contributed by atoms with Crippen molar-refractivity contribution in [3.8, 4) is 0 Å². The van der Waals surface area contributed by atoms with Gasteiger partial charge >= 0.3 is 0 Å². The van der Waals surface area contributed by atoms with Crippen molar-refractivity contribution < 1.29 is 0 Å². The van der Waals surface area contributed by atoms with Gasteiger partial charge in [-0.05, 0) is 19.1 Å². The van der Waals surface area contributed by atoms with Crippen molar-refractivity contribution in [2.75, 3.05) is 6.54 Å². The summed E-state index contributed by atoms with van der Waals surface area (Å²) < 4.78 is 0.684. The van der Waals surface area contributed by atoms with Crippen molar-refractivity contribution in [2.45, 2.75) is 6.92 Å². The van der Waals surface area contributed by atoms with Crippen molar-refractivity contribution in [1.29, 1.82) is 0 Å². The van der Waals surface area contributed by atoms with Gasteiger partial charge in [0.15, 0.2) is 0 Å². The molecule has 64 valence electrons. The third-order valence-corrected chi connectivity index (χ3v) is 2.10. The standard InChI is InChI=1S/C8H10N2S2/c1-2-9-7(11)6-4-3-5-10-8(6)12/h3-5H,2H2,1H3,(H,9,11)(H,10,12). The number of hydrogen-bond donors (Lipinski definition) is 2. The smallest absolute Gasteiger partial charge is 0.113 e. The molecule has 0 unspecified atom stereocenters. The number of thiocarbonyl (C=S) groups is 1. The molecule has 0 aliphatic carbocycles. The highest BCUT2D eigenvalue weighted by atomic mass is 32.1. The van der Waals surface area contributed by atoms with Gasteiger partial charge in [-0.2, -0.15) is 0 Å². The molecule has 1 rings (SSSR count). The summed E-state index contributed by atoms with van der Waals surface area (Å²) in [4.78, 5) is 3.63. The highest BCUT2D eigenvalue weighted by Crippen LogP contribution is 1.99. The fraction of sp³-hybridized carbons (Fsp3) is 0.250. The number of aromatic amines is 1. The zero-order chi connectivity index (χ0) is 8.97. The van der Waals surface area contributed by atoms with E-state index in [0.717, 1.165) is 12.1 Å². The van der Waals surface area contributed by atoms with Crippen LogP contribution in [0.4, 0.5) is 0 Å². The minimum Gasteiger partial charge on any atom is -0.376 e. The molecule has 1 aromatic heterocycles. The number of hydrogen-bond acceptors (Lipinski definition) is 2. The van der Waals surface area contributed by atoms with Crippen LogP contribution in [0, 0.1) is 4.64 Å². The molecule has 2 N–H and O–H groups in total. The monoisotopic (exact) mass is 198 g/mol. The molecular formula is C8H10N2S2. The van der Waals surface area contributed by atoms with Crippen LogP contribution >= 0.6 is 24.4 Å². The summed E-state index contributed by atoms with van der Waals surface area (Å²) in [7, 11) is 0. The zero-order valence-corrected chi connectivity index (χ0v) is 8.39. The molecule has 1 heterocycles. The first-order chi connectivity index (χ1) is 5.75. The lowest BCUT2D eigenvalue weighted by molar-refractivity contribution is 0.981. The Bertz CT molecular complexity index is 330. The van der Waals surface area contributed by atoms with Crippen molar-refractivity contribution >= 4 is 29.4 Å². The highest BCUT2D eigenvalue weighted by molar-refractivity contribution is 7.80. The Labute approximate surface area is 82.0 Å². The predicted octanol–water partition coefficient (Wildman–Crippen LogP) is 2.03. The second kappa shape index (κ2) is 4.33. The first kappa shape index (κ1) is 9.35. The van der Waals surface area contributed by atoms with Crippen molar-refractivity contribution in [3.63, 3.8) is 0 Å². The molecule has 0 aliphatic rings. The van der Waals surface area contributed by atoms with Gasteiger partial charge in [-0.25, -0.2) is 0 Å². The van der Waals surface area contributed by atoms with Crippen LogP contribution in [0.25, 0.3) is 0 Å². The number of H-pyrrole nitrogens is 1. The third kappa shape index (κ3) is 2.12. The number of pyridine rings is 1. The first-order valence-corrected chi connectivity index (χ1v) is 4.53. The lowest BCUT2D eigenvalue weighted by Gasteiger charge is -2.03. The molecule has 0 atom stereocenters. The van der Waals surface area contributed by atoms with Crippen LogP contribution in [0.2, 0.25) is 0 Å². The summed E-state index contributed by atoms with van der Waals surface area (Å²) in [5, 5.41) is 3.05. The van der Waals surface area contributed by atoms with E-state index in [9.17, 15) is 0 Å². The molecule has 0 amide bonds. The molecule has 1 aromatic rings. The van der Waals surface area contributed by atoms with E-state index in [1.807, 2.05) is 19.1 Å². The van der Waals surface area contributed by atoms with Gasteiger partial charge in [0.2, 0.25) is 0 Å². The van der Waals surface area contributed by atoms with Gasteiger partial charge in [-0.15, -0.1) is 0 Å². The van der Waals surface area contributed by atoms with E-state index < -0.39 is 0 Å². The van der Waals surface area contributed by atoms with Crippen LogP contribution in [0.1, 0.15) is 12.5 Å². The third-order valence-electron chi connectivity index (χ3n) is 1.40. The fourth-order valence-corrected chi connectivity index (χ4v) is 1.47. The summed E-state index contributed by atoms with van der Waals surface area (Å²) in [6.45, 7) is 2.82. The maximum atomic E-state index is 5.11. The molecule has 0 aromatic carbocycles. The van der Waals surface area contributed by atoms with Crippen molar-refractivity contribution in [1.82, 2.24) is 10.3 Å². The van der Waals surface area contributed by atoms with Crippen LogP contribution in [-0.4, -0.2) is 16.5 Å². The Balaban J connectivity index is 2.95. The van der Waals surface area contributed by atoms with Gasteiger partial charge < -0.3 is 10.3 Å². The van der Waals surface area contributed by atoms with Gasteiger partial charge in [0.25, 0.3) is 0 Å². The fourth-order valence-electron chi connectivity index (χ4n) is 0.856. The molecule has 4 heteroatoms. The zero-order valence-electron chi connectivity index (χ0n) is 6.76. The van der Waals surface area contributed by atoms with Crippen LogP contribution in [0.3, 0.4) is 0 Å². The maximum absolute atomic E-state index is 5.11. The van der Waals surface area contributed by atoms with Crippen LogP contribution in [0.5, 0.6) is 0 Å². The van der Waals surface area contributed by atoms with E-state index in [2.05, 4.69) is 10.3 Å². The molecule has 0 saturated carbocycles. The average Bonchev–Trinajstić information content (AvgIpc) is 2.05. The van der Waals surface area contributed by atoms with Crippen molar-refractivity contribution in [3.05, 3.63) is 28.5 Å². The van der Waals surface area contributed by atoms with Gasteiger partial charge in [0, 0.05) is 18.3 Å².